The van der Waals surface area contributed by atoms with E-state index >= 15 is 0 Å². The van der Waals surface area contributed by atoms with Crippen LogP contribution in [0.2, 0.25) is 0 Å². The molecule has 3 nitrogen and oxygen atoms in total. The van der Waals surface area contributed by atoms with Crippen LogP contribution in [0.25, 0.3) is 0 Å². The van der Waals surface area contributed by atoms with Gasteiger partial charge in [0.05, 0.1) is 6.04 Å². The van der Waals surface area contributed by atoms with Crippen LogP contribution < -0.4 is 11.1 Å². The van der Waals surface area contributed by atoms with Gasteiger partial charge in [0, 0.05) is 12.0 Å². The predicted molar refractivity (Wildman–Crippen MR) is 87.2 cm³/mol. The lowest BCUT2D eigenvalue weighted by Crippen LogP contribution is -2.39. The van der Waals surface area contributed by atoms with E-state index in [2.05, 4.69) is 17.4 Å². The monoisotopic (exact) mass is 308 g/mol. The Morgan fingerprint density at radius 3 is 2.48 bits per heavy atom. The van der Waals surface area contributed by atoms with E-state index in [-0.39, 0.29) is 36.3 Å². The number of amides is 1. The maximum atomic E-state index is 12.5. The largest absolute Gasteiger partial charge is 0.349 e. The third-order valence-corrected chi connectivity index (χ3v) is 4.64. The standard InChI is InChI=1S/C17H24N2O.ClH/c18-15-8-4-7-14(11-15)17(20)19-16(13-9-10-13)12-5-2-1-3-6-12;/h1-3,5-6,13-16H,4,7-11,18H2,(H,19,20);1H. The second-order valence-corrected chi connectivity index (χ2v) is 6.36. The number of rotatable bonds is 4. The van der Waals surface area contributed by atoms with Crippen molar-refractivity contribution in [3.63, 3.8) is 0 Å². The minimum atomic E-state index is 0. The van der Waals surface area contributed by atoms with Crippen molar-refractivity contribution in [2.75, 3.05) is 0 Å². The lowest BCUT2D eigenvalue weighted by atomic mass is 9.85. The Morgan fingerprint density at radius 2 is 1.86 bits per heavy atom. The molecule has 0 spiro atoms. The molecule has 3 N–H and O–H groups in total. The molecule has 2 saturated carbocycles. The van der Waals surface area contributed by atoms with E-state index in [0.29, 0.717) is 5.92 Å². The molecule has 4 heteroatoms. The topological polar surface area (TPSA) is 55.1 Å². The summed E-state index contributed by atoms with van der Waals surface area (Å²) >= 11 is 0. The molecule has 0 aliphatic heterocycles. The molecule has 3 unspecified atom stereocenters. The van der Waals surface area contributed by atoms with Gasteiger partial charge in [0.25, 0.3) is 0 Å². The van der Waals surface area contributed by atoms with Crippen LogP contribution in [0.4, 0.5) is 0 Å². The summed E-state index contributed by atoms with van der Waals surface area (Å²) in [6, 6.07) is 10.8. The molecule has 116 valence electrons. The molecule has 0 saturated heterocycles. The zero-order valence-corrected chi connectivity index (χ0v) is 13.1. The maximum Gasteiger partial charge on any atom is 0.223 e. The average Bonchev–Trinajstić information content (AvgIpc) is 3.30. The van der Waals surface area contributed by atoms with Crippen LogP contribution in [-0.2, 0) is 4.79 Å². The minimum absolute atomic E-state index is 0. The summed E-state index contributed by atoms with van der Waals surface area (Å²) in [6.45, 7) is 0. The molecule has 2 fully saturated rings. The van der Waals surface area contributed by atoms with Crippen molar-refractivity contribution >= 4 is 18.3 Å². The number of carbonyl (C=O) groups excluding carboxylic acids is 1. The Hall–Kier alpha value is -1.06. The SMILES string of the molecule is Cl.NC1CCCC(C(=O)NC(c2ccccc2)C2CC2)C1. The zero-order chi connectivity index (χ0) is 13.9. The first-order valence-corrected chi connectivity index (χ1v) is 7.85. The lowest BCUT2D eigenvalue weighted by Gasteiger charge is -2.28. The fraction of sp³-hybridized carbons (Fsp3) is 0.588. The Bertz CT molecular complexity index is 461. The second-order valence-electron chi connectivity index (χ2n) is 6.36. The first-order valence-electron chi connectivity index (χ1n) is 7.85. The summed E-state index contributed by atoms with van der Waals surface area (Å²) in [7, 11) is 0. The number of nitrogens with two attached hydrogens (primary N) is 1. The average molecular weight is 309 g/mol. The van der Waals surface area contributed by atoms with Crippen molar-refractivity contribution in [3.8, 4) is 0 Å². The zero-order valence-electron chi connectivity index (χ0n) is 12.3. The van der Waals surface area contributed by atoms with Gasteiger partial charge >= 0.3 is 0 Å². The van der Waals surface area contributed by atoms with Crippen molar-refractivity contribution in [1.29, 1.82) is 0 Å². The van der Waals surface area contributed by atoms with Gasteiger partial charge in [0.15, 0.2) is 0 Å². The van der Waals surface area contributed by atoms with Crippen molar-refractivity contribution < 1.29 is 4.79 Å². The van der Waals surface area contributed by atoms with Crippen LogP contribution in [0.3, 0.4) is 0 Å². The lowest BCUT2D eigenvalue weighted by molar-refractivity contribution is -0.127. The third-order valence-electron chi connectivity index (χ3n) is 4.64. The molecular formula is C17H25ClN2O. The van der Waals surface area contributed by atoms with Crippen molar-refractivity contribution in [2.45, 2.75) is 50.6 Å². The molecule has 1 aromatic carbocycles. The van der Waals surface area contributed by atoms with E-state index < -0.39 is 0 Å². The molecule has 1 aromatic rings. The molecule has 0 aromatic heterocycles. The number of hydrogen-bond acceptors (Lipinski definition) is 2. The second kappa shape index (κ2) is 7.28. The van der Waals surface area contributed by atoms with Gasteiger partial charge in [-0.2, -0.15) is 0 Å². The number of halogens is 1. The molecular weight excluding hydrogens is 284 g/mol. The summed E-state index contributed by atoms with van der Waals surface area (Å²) in [5, 5.41) is 3.29. The molecule has 3 atom stereocenters. The fourth-order valence-corrected chi connectivity index (χ4v) is 3.30. The van der Waals surface area contributed by atoms with Crippen molar-refractivity contribution in [1.82, 2.24) is 5.32 Å². The van der Waals surface area contributed by atoms with Crippen LogP contribution in [-0.4, -0.2) is 11.9 Å². The van der Waals surface area contributed by atoms with Crippen molar-refractivity contribution in [3.05, 3.63) is 35.9 Å². The van der Waals surface area contributed by atoms with Gasteiger partial charge in [-0.3, -0.25) is 4.79 Å². The number of nitrogens with one attached hydrogen (secondary N) is 1. The highest BCUT2D eigenvalue weighted by Crippen LogP contribution is 2.41. The van der Waals surface area contributed by atoms with Gasteiger partial charge in [-0.05, 0) is 43.6 Å². The summed E-state index contributed by atoms with van der Waals surface area (Å²) in [6.07, 6.45) is 6.44. The highest BCUT2D eigenvalue weighted by Gasteiger charge is 2.35. The first kappa shape index (κ1) is 16.3. The van der Waals surface area contributed by atoms with E-state index in [0.717, 1.165) is 25.7 Å². The summed E-state index contributed by atoms with van der Waals surface area (Å²) in [5.74, 6) is 0.947. The van der Waals surface area contributed by atoms with E-state index in [1.807, 2.05) is 18.2 Å². The Morgan fingerprint density at radius 1 is 1.14 bits per heavy atom. The van der Waals surface area contributed by atoms with Crippen LogP contribution in [0.15, 0.2) is 30.3 Å². The van der Waals surface area contributed by atoms with Crippen LogP contribution in [0, 0.1) is 11.8 Å². The van der Waals surface area contributed by atoms with Crippen LogP contribution in [0.5, 0.6) is 0 Å². The van der Waals surface area contributed by atoms with Crippen molar-refractivity contribution in [2.24, 2.45) is 17.6 Å². The molecule has 3 rings (SSSR count). The fourth-order valence-electron chi connectivity index (χ4n) is 3.30. The van der Waals surface area contributed by atoms with E-state index in [1.165, 1.54) is 18.4 Å². The number of hydrogen-bond donors (Lipinski definition) is 2. The van der Waals surface area contributed by atoms with Crippen LogP contribution in [0.1, 0.15) is 50.1 Å². The maximum absolute atomic E-state index is 12.5. The number of carbonyl (C=O) groups is 1. The summed E-state index contributed by atoms with van der Waals surface area (Å²) in [4.78, 5) is 12.5. The Kier molecular flexibility index (Phi) is 5.65. The normalized spacial score (nSPS) is 26.5. The summed E-state index contributed by atoms with van der Waals surface area (Å²) < 4.78 is 0. The van der Waals surface area contributed by atoms with Gasteiger partial charge in [-0.25, -0.2) is 0 Å². The molecule has 2 aliphatic carbocycles. The minimum Gasteiger partial charge on any atom is -0.349 e. The van der Waals surface area contributed by atoms with Gasteiger partial charge in [-0.1, -0.05) is 36.8 Å². The van der Waals surface area contributed by atoms with Gasteiger partial charge in [0.2, 0.25) is 5.91 Å². The van der Waals surface area contributed by atoms with E-state index in [4.69, 9.17) is 5.73 Å². The highest BCUT2D eigenvalue weighted by atomic mass is 35.5. The molecule has 1 amide bonds. The van der Waals surface area contributed by atoms with Gasteiger partial charge in [0.1, 0.15) is 0 Å². The number of benzene rings is 1. The molecule has 0 radical (unpaired) electrons. The highest BCUT2D eigenvalue weighted by molar-refractivity contribution is 5.85. The Labute approximate surface area is 133 Å². The Balaban J connectivity index is 0.00000161. The third kappa shape index (κ3) is 4.21. The van der Waals surface area contributed by atoms with E-state index in [1.54, 1.807) is 0 Å². The molecule has 21 heavy (non-hydrogen) atoms. The summed E-state index contributed by atoms with van der Waals surface area (Å²) in [5.41, 5.74) is 7.24. The van der Waals surface area contributed by atoms with Gasteiger partial charge in [-0.15, -0.1) is 12.4 Å². The van der Waals surface area contributed by atoms with E-state index in [9.17, 15) is 4.79 Å². The molecule has 0 bridgehead atoms. The smallest absolute Gasteiger partial charge is 0.223 e. The predicted octanol–water partition coefficient (Wildman–Crippen LogP) is 3.19. The quantitative estimate of drug-likeness (QED) is 0.897. The van der Waals surface area contributed by atoms with Crippen LogP contribution >= 0.6 is 12.4 Å². The first-order chi connectivity index (χ1) is 9.74. The van der Waals surface area contributed by atoms with Gasteiger partial charge < -0.3 is 11.1 Å². The molecule has 2 aliphatic rings. The molecule has 0 heterocycles.